The molecule has 1 unspecified atom stereocenters. The third-order valence-corrected chi connectivity index (χ3v) is 5.61. The van der Waals surface area contributed by atoms with Gasteiger partial charge in [0.05, 0.1) is 0 Å². The standard InChI is InChI=1S/C16H27N3O2/c17-15(20)14-8-11-19(16(14)21)13-6-9-18(10-7-13)12-4-2-1-3-5-12/h12-14H,1-11H2,(H2,17,20). The fourth-order valence-corrected chi connectivity index (χ4v) is 4.34. The van der Waals surface area contributed by atoms with Crippen LogP contribution in [0.1, 0.15) is 51.4 Å². The molecular formula is C16H27N3O2. The Bertz CT molecular complexity index is 398. The van der Waals surface area contributed by atoms with Crippen molar-refractivity contribution >= 4 is 11.8 Å². The van der Waals surface area contributed by atoms with Crippen LogP contribution in [0.25, 0.3) is 0 Å². The number of hydrogen-bond acceptors (Lipinski definition) is 3. The van der Waals surface area contributed by atoms with Crippen molar-refractivity contribution in [3.05, 3.63) is 0 Å². The lowest BCUT2D eigenvalue weighted by Gasteiger charge is -2.41. The first-order valence-electron chi connectivity index (χ1n) is 8.50. The molecule has 2 aliphatic heterocycles. The summed E-state index contributed by atoms with van der Waals surface area (Å²) in [5.74, 6) is -1.05. The Hall–Kier alpha value is -1.10. The number of carbonyl (C=O) groups excluding carboxylic acids is 2. The van der Waals surface area contributed by atoms with Crippen LogP contribution >= 0.6 is 0 Å². The number of nitrogens with zero attached hydrogens (tertiary/aromatic N) is 2. The summed E-state index contributed by atoms with van der Waals surface area (Å²) in [5.41, 5.74) is 5.30. The smallest absolute Gasteiger partial charge is 0.235 e. The normalized spacial score (nSPS) is 30.0. The van der Waals surface area contributed by atoms with Crippen molar-refractivity contribution in [1.82, 2.24) is 9.80 Å². The topological polar surface area (TPSA) is 66.6 Å². The number of rotatable bonds is 3. The molecule has 1 aliphatic carbocycles. The van der Waals surface area contributed by atoms with Gasteiger partial charge in [0.2, 0.25) is 11.8 Å². The lowest BCUT2D eigenvalue weighted by atomic mass is 9.92. The second kappa shape index (κ2) is 6.34. The fourth-order valence-electron chi connectivity index (χ4n) is 4.34. The Morgan fingerprint density at radius 2 is 1.57 bits per heavy atom. The molecule has 0 bridgehead atoms. The van der Waals surface area contributed by atoms with Crippen molar-refractivity contribution in [1.29, 1.82) is 0 Å². The van der Waals surface area contributed by atoms with Crippen molar-refractivity contribution in [2.45, 2.75) is 63.5 Å². The molecule has 0 aromatic heterocycles. The SMILES string of the molecule is NC(=O)C1CCN(C2CCN(C3CCCCC3)CC2)C1=O. The van der Waals surface area contributed by atoms with Crippen molar-refractivity contribution in [3.63, 3.8) is 0 Å². The van der Waals surface area contributed by atoms with E-state index in [1.165, 1.54) is 32.1 Å². The van der Waals surface area contributed by atoms with Crippen LogP contribution in [0.4, 0.5) is 0 Å². The Morgan fingerprint density at radius 1 is 0.905 bits per heavy atom. The second-order valence-electron chi connectivity index (χ2n) is 6.83. The van der Waals surface area contributed by atoms with Crippen molar-refractivity contribution in [2.24, 2.45) is 11.7 Å². The fraction of sp³-hybridized carbons (Fsp3) is 0.875. The molecule has 21 heavy (non-hydrogen) atoms. The van der Waals surface area contributed by atoms with Crippen LogP contribution in [0, 0.1) is 5.92 Å². The Morgan fingerprint density at radius 3 is 2.14 bits per heavy atom. The van der Waals surface area contributed by atoms with Crippen molar-refractivity contribution < 1.29 is 9.59 Å². The number of amides is 2. The third kappa shape index (κ3) is 3.07. The van der Waals surface area contributed by atoms with Crippen LogP contribution in [0.2, 0.25) is 0 Å². The van der Waals surface area contributed by atoms with E-state index < -0.39 is 11.8 Å². The van der Waals surface area contributed by atoms with Gasteiger partial charge in [0.1, 0.15) is 5.92 Å². The van der Waals surface area contributed by atoms with Crippen LogP contribution in [0.5, 0.6) is 0 Å². The minimum Gasteiger partial charge on any atom is -0.369 e. The molecule has 0 spiro atoms. The minimum atomic E-state index is -0.568. The number of nitrogens with two attached hydrogens (primary N) is 1. The quantitative estimate of drug-likeness (QED) is 0.793. The molecule has 5 nitrogen and oxygen atoms in total. The van der Waals surface area contributed by atoms with Gasteiger partial charge in [0, 0.05) is 31.7 Å². The van der Waals surface area contributed by atoms with E-state index in [0.29, 0.717) is 19.0 Å². The lowest BCUT2D eigenvalue weighted by molar-refractivity contribution is -0.138. The maximum absolute atomic E-state index is 12.2. The number of likely N-dealkylation sites (tertiary alicyclic amines) is 2. The van der Waals surface area contributed by atoms with Gasteiger partial charge in [-0.05, 0) is 32.1 Å². The van der Waals surface area contributed by atoms with Crippen LogP contribution in [-0.4, -0.2) is 53.3 Å². The van der Waals surface area contributed by atoms with E-state index in [4.69, 9.17) is 5.73 Å². The summed E-state index contributed by atoms with van der Waals surface area (Å²) in [6, 6.07) is 1.09. The van der Waals surface area contributed by atoms with Crippen molar-refractivity contribution in [2.75, 3.05) is 19.6 Å². The lowest BCUT2D eigenvalue weighted by Crippen LogP contribution is -2.49. The van der Waals surface area contributed by atoms with E-state index in [2.05, 4.69) is 4.90 Å². The van der Waals surface area contributed by atoms with Gasteiger partial charge in [-0.3, -0.25) is 9.59 Å². The molecule has 1 atom stereocenters. The molecule has 2 saturated heterocycles. The van der Waals surface area contributed by atoms with E-state index in [9.17, 15) is 9.59 Å². The highest BCUT2D eigenvalue weighted by Gasteiger charge is 2.40. The van der Waals surface area contributed by atoms with Crippen LogP contribution < -0.4 is 5.73 Å². The highest BCUT2D eigenvalue weighted by Crippen LogP contribution is 2.29. The number of piperidine rings is 1. The van der Waals surface area contributed by atoms with E-state index in [-0.39, 0.29) is 5.91 Å². The molecule has 5 heteroatoms. The number of hydrogen-bond donors (Lipinski definition) is 1. The summed E-state index contributed by atoms with van der Waals surface area (Å²) in [6.45, 7) is 2.90. The zero-order valence-electron chi connectivity index (χ0n) is 12.8. The molecule has 0 radical (unpaired) electrons. The molecule has 3 aliphatic rings. The molecule has 2 amide bonds. The van der Waals surface area contributed by atoms with Gasteiger partial charge in [-0.2, -0.15) is 0 Å². The zero-order chi connectivity index (χ0) is 14.8. The summed E-state index contributed by atoms with van der Waals surface area (Å²) in [4.78, 5) is 28.1. The van der Waals surface area contributed by atoms with Gasteiger partial charge in [0.15, 0.2) is 0 Å². The van der Waals surface area contributed by atoms with Gasteiger partial charge in [-0.15, -0.1) is 0 Å². The highest BCUT2D eigenvalue weighted by atomic mass is 16.2. The summed E-state index contributed by atoms with van der Waals surface area (Å²) in [5, 5.41) is 0. The molecule has 2 N–H and O–H groups in total. The second-order valence-corrected chi connectivity index (χ2v) is 6.83. The number of primary amides is 1. The van der Waals surface area contributed by atoms with Gasteiger partial charge >= 0.3 is 0 Å². The Kier molecular flexibility index (Phi) is 4.48. The molecule has 1 saturated carbocycles. The number of carbonyl (C=O) groups is 2. The summed E-state index contributed by atoms with van der Waals surface area (Å²) in [7, 11) is 0. The minimum absolute atomic E-state index is 0.0291. The molecule has 2 heterocycles. The van der Waals surface area contributed by atoms with Gasteiger partial charge < -0.3 is 15.5 Å². The Balaban J connectivity index is 1.52. The maximum atomic E-state index is 12.2. The average molecular weight is 293 g/mol. The third-order valence-electron chi connectivity index (χ3n) is 5.61. The predicted molar refractivity (Wildman–Crippen MR) is 80.5 cm³/mol. The molecule has 3 fully saturated rings. The Labute approximate surface area is 126 Å². The highest BCUT2D eigenvalue weighted by molar-refractivity contribution is 6.01. The van der Waals surface area contributed by atoms with Gasteiger partial charge in [-0.25, -0.2) is 0 Å². The van der Waals surface area contributed by atoms with Gasteiger partial charge in [-0.1, -0.05) is 19.3 Å². The molecule has 3 rings (SSSR count). The van der Waals surface area contributed by atoms with E-state index in [1.54, 1.807) is 0 Å². The largest absolute Gasteiger partial charge is 0.369 e. The average Bonchev–Trinajstić information content (AvgIpc) is 2.90. The zero-order valence-corrected chi connectivity index (χ0v) is 12.8. The van der Waals surface area contributed by atoms with E-state index in [1.807, 2.05) is 4.90 Å². The monoisotopic (exact) mass is 293 g/mol. The van der Waals surface area contributed by atoms with Crippen LogP contribution in [0.3, 0.4) is 0 Å². The summed E-state index contributed by atoms with van der Waals surface area (Å²) < 4.78 is 0. The maximum Gasteiger partial charge on any atom is 0.235 e. The predicted octanol–water partition coefficient (Wildman–Crippen LogP) is 1.12. The first-order valence-corrected chi connectivity index (χ1v) is 8.50. The molecular weight excluding hydrogens is 266 g/mol. The summed E-state index contributed by atoms with van der Waals surface area (Å²) in [6.07, 6.45) is 9.53. The van der Waals surface area contributed by atoms with Crippen molar-refractivity contribution in [3.8, 4) is 0 Å². The first-order chi connectivity index (χ1) is 10.2. The summed E-state index contributed by atoms with van der Waals surface area (Å²) >= 11 is 0. The van der Waals surface area contributed by atoms with E-state index in [0.717, 1.165) is 32.0 Å². The van der Waals surface area contributed by atoms with Crippen LogP contribution in [0.15, 0.2) is 0 Å². The molecule has 0 aromatic rings. The molecule has 0 aromatic carbocycles. The van der Waals surface area contributed by atoms with E-state index >= 15 is 0 Å². The van der Waals surface area contributed by atoms with Crippen LogP contribution in [-0.2, 0) is 9.59 Å². The van der Waals surface area contributed by atoms with Gasteiger partial charge in [0.25, 0.3) is 0 Å². The molecule has 118 valence electrons. The first kappa shape index (κ1) is 14.8.